The van der Waals surface area contributed by atoms with Crippen LogP contribution in [0.5, 0.6) is 0 Å². The summed E-state index contributed by atoms with van der Waals surface area (Å²) in [7, 11) is 0. The fourth-order valence-electron chi connectivity index (χ4n) is 5.67. The number of hydrogen-bond donors (Lipinski definition) is 3. The van der Waals surface area contributed by atoms with Gasteiger partial charge in [0.25, 0.3) is 0 Å². The van der Waals surface area contributed by atoms with Gasteiger partial charge in [0, 0.05) is 17.8 Å². The molecule has 1 aliphatic heterocycles. The van der Waals surface area contributed by atoms with Gasteiger partial charge in [-0.05, 0) is 33.3 Å². The number of fused-ring (bicyclic) bond motifs is 3. The van der Waals surface area contributed by atoms with Crippen molar-refractivity contribution >= 4 is 18.0 Å². The van der Waals surface area contributed by atoms with Gasteiger partial charge in [-0.15, -0.1) is 0 Å². The number of carbonyl (C=O) groups excluding carboxylic acids is 3. The first-order valence-corrected chi connectivity index (χ1v) is 14.9. The lowest BCUT2D eigenvalue weighted by Crippen LogP contribution is -2.60. The molecule has 2 aliphatic rings. The number of aliphatic hydroxyl groups is 2. The molecular formula is C33H34N4O10. The topological polar surface area (TPSA) is 199 Å². The predicted octanol–water partition coefficient (Wildman–Crippen LogP) is 3.34. The van der Waals surface area contributed by atoms with Crippen LogP contribution in [0.25, 0.3) is 21.6 Å². The van der Waals surface area contributed by atoms with Crippen molar-refractivity contribution in [1.82, 2.24) is 5.32 Å². The van der Waals surface area contributed by atoms with Gasteiger partial charge in [0.05, 0.1) is 13.2 Å². The Morgan fingerprint density at radius 1 is 0.979 bits per heavy atom. The van der Waals surface area contributed by atoms with Crippen LogP contribution in [0.2, 0.25) is 0 Å². The molecule has 0 radical (unpaired) electrons. The summed E-state index contributed by atoms with van der Waals surface area (Å²) in [6, 6.07) is 21.7. The molecule has 1 amide bonds. The highest BCUT2D eigenvalue weighted by Gasteiger charge is 2.48. The molecule has 3 N–H and O–H groups in total. The third-order valence-electron chi connectivity index (χ3n) is 7.88. The zero-order valence-corrected chi connectivity index (χ0v) is 25.4. The molecule has 0 aromatic heterocycles. The van der Waals surface area contributed by atoms with Crippen LogP contribution in [0.3, 0.4) is 0 Å². The Hall–Kier alpha value is -4.98. The Morgan fingerprint density at radius 2 is 1.62 bits per heavy atom. The molecule has 1 aliphatic carbocycles. The number of nitrogens with one attached hydrogen (secondary N) is 1. The molecule has 47 heavy (non-hydrogen) atoms. The summed E-state index contributed by atoms with van der Waals surface area (Å²) >= 11 is 0. The first-order valence-electron chi connectivity index (χ1n) is 14.9. The normalized spacial score (nSPS) is 22.1. The van der Waals surface area contributed by atoms with Crippen molar-refractivity contribution in [2.24, 2.45) is 5.11 Å². The SMILES string of the molecule is CC(=O)O[C@H]1[C@@H](O)[C@@H](CO)O[C@H](OC[C@H](NC(=O)OCC2c3ccccc3-c3ccccc32)C(=O)OCc2ccccc2)[C@@H]1N=[N+]=[N-]. The molecule has 1 fully saturated rings. The van der Waals surface area contributed by atoms with E-state index < -0.39 is 67.9 Å². The number of azide groups is 1. The minimum atomic E-state index is -1.55. The van der Waals surface area contributed by atoms with E-state index in [2.05, 4.69) is 15.3 Å². The summed E-state index contributed by atoms with van der Waals surface area (Å²) in [5.74, 6) is -1.88. The molecule has 246 valence electrons. The lowest BCUT2D eigenvalue weighted by Gasteiger charge is -2.41. The number of aliphatic hydroxyl groups excluding tert-OH is 2. The number of rotatable bonds is 12. The molecule has 1 saturated heterocycles. The van der Waals surface area contributed by atoms with Crippen LogP contribution in [-0.2, 0) is 39.9 Å². The third kappa shape index (κ3) is 7.88. The lowest BCUT2D eigenvalue weighted by molar-refractivity contribution is -0.269. The molecule has 0 spiro atoms. The maximum atomic E-state index is 13.3. The molecule has 1 heterocycles. The van der Waals surface area contributed by atoms with E-state index in [1.165, 1.54) is 0 Å². The Morgan fingerprint density at radius 3 is 2.23 bits per heavy atom. The van der Waals surface area contributed by atoms with Gasteiger partial charge in [-0.3, -0.25) is 4.79 Å². The Labute approximate surface area is 269 Å². The van der Waals surface area contributed by atoms with Crippen LogP contribution in [0.4, 0.5) is 4.79 Å². The largest absolute Gasteiger partial charge is 0.459 e. The zero-order valence-electron chi connectivity index (χ0n) is 25.4. The quantitative estimate of drug-likeness (QED) is 0.0862. The molecule has 0 unspecified atom stereocenters. The van der Waals surface area contributed by atoms with Gasteiger partial charge >= 0.3 is 18.0 Å². The zero-order chi connectivity index (χ0) is 33.3. The molecule has 14 heteroatoms. The van der Waals surface area contributed by atoms with Crippen molar-refractivity contribution in [3.05, 3.63) is 106 Å². The molecular weight excluding hydrogens is 612 g/mol. The third-order valence-corrected chi connectivity index (χ3v) is 7.88. The first kappa shape index (κ1) is 33.4. The number of hydrogen-bond acceptors (Lipinski definition) is 11. The van der Waals surface area contributed by atoms with Crippen molar-refractivity contribution < 1.29 is 48.3 Å². The van der Waals surface area contributed by atoms with E-state index in [-0.39, 0.29) is 19.1 Å². The van der Waals surface area contributed by atoms with Crippen LogP contribution < -0.4 is 5.32 Å². The minimum Gasteiger partial charge on any atom is -0.459 e. The summed E-state index contributed by atoms with van der Waals surface area (Å²) < 4.78 is 27.6. The number of amides is 1. The highest BCUT2D eigenvalue weighted by Crippen LogP contribution is 2.44. The summed E-state index contributed by atoms with van der Waals surface area (Å²) in [5.41, 5.74) is 14.0. The van der Waals surface area contributed by atoms with Gasteiger partial charge in [-0.2, -0.15) is 0 Å². The van der Waals surface area contributed by atoms with Gasteiger partial charge in [0.2, 0.25) is 0 Å². The standard InChI is InChI=1S/C33H34N4O10/c1-19(39)46-30-28(36-37-34)32(47-27(15-38)29(30)40)44-18-26(31(41)43-16-20-9-3-2-4-10-20)35-33(42)45-17-25-23-13-7-5-11-21(23)22-12-6-8-14-24(22)25/h2-14,25-30,32,38,40H,15-18H2,1H3,(H,35,42)/t26-,27+,28+,29-,30+,32-/m0/s1. The van der Waals surface area contributed by atoms with Crippen molar-refractivity contribution in [1.29, 1.82) is 0 Å². The minimum absolute atomic E-state index is 0.0165. The number of ether oxygens (including phenoxy) is 5. The van der Waals surface area contributed by atoms with Gasteiger partial charge in [-0.1, -0.05) is 84.0 Å². The smallest absolute Gasteiger partial charge is 0.407 e. The van der Waals surface area contributed by atoms with Crippen LogP contribution in [0.15, 0.2) is 84.0 Å². The monoisotopic (exact) mass is 646 g/mol. The van der Waals surface area contributed by atoms with E-state index in [1.54, 1.807) is 24.3 Å². The number of alkyl carbamates (subject to hydrolysis) is 1. The summed E-state index contributed by atoms with van der Waals surface area (Å²) in [6.07, 6.45) is -6.69. The molecule has 0 saturated carbocycles. The second kappa shape index (κ2) is 15.5. The Kier molecular flexibility index (Phi) is 11.0. The fourth-order valence-corrected chi connectivity index (χ4v) is 5.67. The number of benzene rings is 3. The van der Waals surface area contributed by atoms with Crippen LogP contribution in [0.1, 0.15) is 29.5 Å². The summed E-state index contributed by atoms with van der Waals surface area (Å²) in [6.45, 7) is -0.284. The second-order valence-electron chi connectivity index (χ2n) is 10.9. The molecule has 3 aromatic carbocycles. The van der Waals surface area contributed by atoms with E-state index in [0.29, 0.717) is 5.56 Å². The van der Waals surface area contributed by atoms with E-state index in [9.17, 15) is 24.6 Å². The van der Waals surface area contributed by atoms with Crippen LogP contribution >= 0.6 is 0 Å². The summed E-state index contributed by atoms with van der Waals surface area (Å²) in [5, 5.41) is 26.4. The second-order valence-corrected chi connectivity index (χ2v) is 10.9. The van der Waals surface area contributed by atoms with Gasteiger partial charge < -0.3 is 39.2 Å². The van der Waals surface area contributed by atoms with Crippen LogP contribution in [-0.4, -0.2) is 84.8 Å². The first-order chi connectivity index (χ1) is 22.8. The highest BCUT2D eigenvalue weighted by atomic mass is 16.7. The Bertz CT molecular complexity index is 1570. The molecule has 6 atom stereocenters. The van der Waals surface area contributed by atoms with E-state index in [1.807, 2.05) is 54.6 Å². The van der Waals surface area contributed by atoms with Gasteiger partial charge in [-0.25, -0.2) is 9.59 Å². The number of esters is 2. The number of carbonyl (C=O) groups is 3. The van der Waals surface area contributed by atoms with Crippen molar-refractivity contribution in [2.45, 2.75) is 56.1 Å². The number of nitrogens with zero attached hydrogens (tertiary/aromatic N) is 3. The van der Waals surface area contributed by atoms with E-state index in [4.69, 9.17) is 29.2 Å². The average molecular weight is 647 g/mol. The van der Waals surface area contributed by atoms with Crippen molar-refractivity contribution in [2.75, 3.05) is 19.8 Å². The average Bonchev–Trinajstić information content (AvgIpc) is 3.40. The van der Waals surface area contributed by atoms with E-state index >= 15 is 0 Å². The predicted molar refractivity (Wildman–Crippen MR) is 164 cm³/mol. The summed E-state index contributed by atoms with van der Waals surface area (Å²) in [4.78, 5) is 40.9. The fraction of sp³-hybridized carbons (Fsp3) is 0.364. The maximum absolute atomic E-state index is 13.3. The van der Waals surface area contributed by atoms with Gasteiger partial charge in [0.1, 0.15) is 37.6 Å². The van der Waals surface area contributed by atoms with E-state index in [0.717, 1.165) is 29.2 Å². The maximum Gasteiger partial charge on any atom is 0.407 e. The van der Waals surface area contributed by atoms with Crippen molar-refractivity contribution in [3.63, 3.8) is 0 Å². The molecule has 14 nitrogen and oxygen atoms in total. The molecule has 3 aromatic rings. The molecule has 0 bridgehead atoms. The Balaban J connectivity index is 1.30. The van der Waals surface area contributed by atoms with Gasteiger partial charge in [0.15, 0.2) is 12.3 Å². The van der Waals surface area contributed by atoms with Crippen LogP contribution in [0, 0.1) is 0 Å². The lowest BCUT2D eigenvalue weighted by atomic mass is 9.97. The highest BCUT2D eigenvalue weighted by molar-refractivity contribution is 5.82. The molecule has 5 rings (SSSR count). The van der Waals surface area contributed by atoms with Crippen molar-refractivity contribution in [3.8, 4) is 11.1 Å².